The minimum Gasteiger partial charge on any atom is -0.497 e. The van der Waals surface area contributed by atoms with E-state index in [0.717, 1.165) is 22.9 Å². The molecule has 6 heteroatoms. The zero-order valence-corrected chi connectivity index (χ0v) is 13.9. The molecule has 0 aliphatic carbocycles. The maximum Gasteiger partial charge on any atom is 0.251 e. The third-order valence-corrected chi connectivity index (χ3v) is 3.63. The smallest absolute Gasteiger partial charge is 0.251 e. The molecule has 0 aliphatic heterocycles. The largest absolute Gasteiger partial charge is 0.497 e. The van der Waals surface area contributed by atoms with Gasteiger partial charge in [-0.1, -0.05) is 12.1 Å². The van der Waals surface area contributed by atoms with E-state index in [-0.39, 0.29) is 5.91 Å². The first-order valence-corrected chi connectivity index (χ1v) is 7.91. The van der Waals surface area contributed by atoms with Crippen molar-refractivity contribution in [2.45, 2.75) is 0 Å². The Kier molecular flexibility index (Phi) is 5.31. The van der Waals surface area contributed by atoms with Crippen molar-refractivity contribution in [1.82, 2.24) is 15.3 Å². The highest BCUT2D eigenvalue weighted by atomic mass is 16.5. The van der Waals surface area contributed by atoms with Crippen molar-refractivity contribution in [3.63, 3.8) is 0 Å². The SMILES string of the molecule is COc1ccc(OCCNC(=O)c2ccc(-c3ncc[nH]3)cc2)cc1. The average Bonchev–Trinajstić information content (AvgIpc) is 3.20. The predicted octanol–water partition coefficient (Wildman–Crippen LogP) is 2.89. The van der Waals surface area contributed by atoms with Crippen LogP contribution in [0, 0.1) is 0 Å². The van der Waals surface area contributed by atoms with E-state index in [4.69, 9.17) is 9.47 Å². The molecular weight excluding hydrogens is 318 g/mol. The van der Waals surface area contributed by atoms with Gasteiger partial charge in [0.25, 0.3) is 5.91 Å². The van der Waals surface area contributed by atoms with E-state index in [1.54, 1.807) is 31.6 Å². The summed E-state index contributed by atoms with van der Waals surface area (Å²) in [6.07, 6.45) is 3.46. The number of nitrogens with zero attached hydrogens (tertiary/aromatic N) is 1. The second kappa shape index (κ2) is 8.01. The average molecular weight is 337 g/mol. The van der Waals surface area contributed by atoms with Crippen molar-refractivity contribution < 1.29 is 14.3 Å². The fourth-order valence-corrected chi connectivity index (χ4v) is 2.31. The van der Waals surface area contributed by atoms with Gasteiger partial charge < -0.3 is 19.8 Å². The maximum absolute atomic E-state index is 12.1. The van der Waals surface area contributed by atoms with Crippen LogP contribution in [0.15, 0.2) is 60.9 Å². The van der Waals surface area contributed by atoms with Gasteiger partial charge >= 0.3 is 0 Å². The summed E-state index contributed by atoms with van der Waals surface area (Å²) in [6.45, 7) is 0.813. The molecule has 0 aliphatic rings. The van der Waals surface area contributed by atoms with Gasteiger partial charge in [-0.3, -0.25) is 4.79 Å². The number of H-pyrrole nitrogens is 1. The number of benzene rings is 2. The summed E-state index contributed by atoms with van der Waals surface area (Å²) in [4.78, 5) is 19.3. The monoisotopic (exact) mass is 337 g/mol. The molecular formula is C19H19N3O3. The van der Waals surface area contributed by atoms with Crippen LogP contribution in [0.1, 0.15) is 10.4 Å². The van der Waals surface area contributed by atoms with Gasteiger partial charge in [-0.05, 0) is 36.4 Å². The molecule has 2 aromatic carbocycles. The van der Waals surface area contributed by atoms with Crippen molar-refractivity contribution in [2.24, 2.45) is 0 Å². The van der Waals surface area contributed by atoms with Gasteiger partial charge in [0.15, 0.2) is 0 Å². The number of methoxy groups -OCH3 is 1. The Morgan fingerprint density at radius 2 is 1.80 bits per heavy atom. The lowest BCUT2D eigenvalue weighted by Gasteiger charge is -2.08. The van der Waals surface area contributed by atoms with Crippen molar-refractivity contribution in [1.29, 1.82) is 0 Å². The van der Waals surface area contributed by atoms with Crippen LogP contribution in [0.4, 0.5) is 0 Å². The molecule has 3 aromatic rings. The van der Waals surface area contributed by atoms with E-state index in [1.165, 1.54) is 0 Å². The summed E-state index contributed by atoms with van der Waals surface area (Å²) in [6, 6.07) is 14.6. The van der Waals surface area contributed by atoms with E-state index >= 15 is 0 Å². The van der Waals surface area contributed by atoms with Crippen LogP contribution in [0.3, 0.4) is 0 Å². The topological polar surface area (TPSA) is 76.2 Å². The van der Waals surface area contributed by atoms with Gasteiger partial charge in [-0.2, -0.15) is 0 Å². The van der Waals surface area contributed by atoms with E-state index in [0.29, 0.717) is 18.7 Å². The first-order valence-electron chi connectivity index (χ1n) is 7.91. The Labute approximate surface area is 145 Å². The molecule has 0 saturated carbocycles. The second-order valence-electron chi connectivity index (χ2n) is 5.30. The number of carbonyl (C=O) groups is 1. The molecule has 1 amide bonds. The maximum atomic E-state index is 12.1. The normalized spacial score (nSPS) is 10.3. The minimum absolute atomic E-state index is 0.135. The standard InChI is InChI=1S/C19H19N3O3/c1-24-16-6-8-17(9-7-16)25-13-12-22-19(23)15-4-2-14(3-5-15)18-20-10-11-21-18/h2-11H,12-13H2,1H3,(H,20,21)(H,22,23). The van der Waals surface area contributed by atoms with Crippen LogP contribution in [0.25, 0.3) is 11.4 Å². The Morgan fingerprint density at radius 3 is 2.44 bits per heavy atom. The number of aromatic amines is 1. The van der Waals surface area contributed by atoms with Gasteiger partial charge in [0, 0.05) is 23.5 Å². The molecule has 1 heterocycles. The van der Waals surface area contributed by atoms with Crippen LogP contribution < -0.4 is 14.8 Å². The van der Waals surface area contributed by atoms with Gasteiger partial charge in [0.2, 0.25) is 0 Å². The molecule has 0 fully saturated rings. The molecule has 2 N–H and O–H groups in total. The summed E-state index contributed by atoms with van der Waals surface area (Å²) < 4.78 is 10.7. The lowest BCUT2D eigenvalue weighted by molar-refractivity contribution is 0.0947. The first-order chi connectivity index (χ1) is 12.3. The number of aromatic nitrogens is 2. The number of ether oxygens (including phenoxy) is 2. The number of hydrogen-bond acceptors (Lipinski definition) is 4. The lowest BCUT2D eigenvalue weighted by atomic mass is 10.1. The molecule has 0 saturated heterocycles. The Morgan fingerprint density at radius 1 is 1.08 bits per heavy atom. The van der Waals surface area contributed by atoms with Crippen LogP contribution >= 0.6 is 0 Å². The van der Waals surface area contributed by atoms with Crippen molar-refractivity contribution in [3.8, 4) is 22.9 Å². The Bertz CT molecular complexity index is 797. The molecule has 25 heavy (non-hydrogen) atoms. The molecule has 0 spiro atoms. The molecule has 6 nitrogen and oxygen atoms in total. The van der Waals surface area contributed by atoms with Crippen LogP contribution in [-0.4, -0.2) is 36.1 Å². The quantitative estimate of drug-likeness (QED) is 0.650. The highest BCUT2D eigenvalue weighted by Crippen LogP contribution is 2.17. The molecule has 0 radical (unpaired) electrons. The summed E-state index contributed by atoms with van der Waals surface area (Å²) in [7, 11) is 1.62. The van der Waals surface area contributed by atoms with E-state index in [1.807, 2.05) is 36.4 Å². The molecule has 3 rings (SSSR count). The van der Waals surface area contributed by atoms with E-state index in [2.05, 4.69) is 15.3 Å². The van der Waals surface area contributed by atoms with Crippen molar-refractivity contribution in [2.75, 3.05) is 20.3 Å². The number of carbonyl (C=O) groups excluding carboxylic acids is 1. The molecule has 0 atom stereocenters. The molecule has 128 valence electrons. The zero-order chi connectivity index (χ0) is 17.5. The fraction of sp³-hybridized carbons (Fsp3) is 0.158. The molecule has 1 aromatic heterocycles. The summed E-state index contributed by atoms with van der Waals surface area (Å²) >= 11 is 0. The summed E-state index contributed by atoms with van der Waals surface area (Å²) in [5.74, 6) is 2.15. The number of amides is 1. The second-order valence-corrected chi connectivity index (χ2v) is 5.30. The lowest BCUT2D eigenvalue weighted by Crippen LogP contribution is -2.28. The van der Waals surface area contributed by atoms with Crippen LogP contribution in [-0.2, 0) is 0 Å². The molecule has 0 unspecified atom stereocenters. The summed E-state index contributed by atoms with van der Waals surface area (Å²) in [5.41, 5.74) is 1.53. The number of rotatable bonds is 7. The highest BCUT2D eigenvalue weighted by Gasteiger charge is 2.06. The zero-order valence-electron chi connectivity index (χ0n) is 13.9. The van der Waals surface area contributed by atoms with Gasteiger partial charge in [0.05, 0.1) is 13.7 Å². The van der Waals surface area contributed by atoms with E-state index < -0.39 is 0 Å². The van der Waals surface area contributed by atoms with Crippen molar-refractivity contribution >= 4 is 5.91 Å². The van der Waals surface area contributed by atoms with Gasteiger partial charge in [-0.15, -0.1) is 0 Å². The van der Waals surface area contributed by atoms with Crippen LogP contribution in [0.2, 0.25) is 0 Å². The van der Waals surface area contributed by atoms with Gasteiger partial charge in [0.1, 0.15) is 23.9 Å². The number of nitrogens with one attached hydrogen (secondary N) is 2. The van der Waals surface area contributed by atoms with Crippen molar-refractivity contribution in [3.05, 3.63) is 66.5 Å². The summed E-state index contributed by atoms with van der Waals surface area (Å²) in [5, 5.41) is 2.83. The number of hydrogen-bond donors (Lipinski definition) is 2. The Hall–Kier alpha value is -3.28. The van der Waals surface area contributed by atoms with Gasteiger partial charge in [-0.25, -0.2) is 4.98 Å². The first kappa shape index (κ1) is 16.6. The number of imidazole rings is 1. The highest BCUT2D eigenvalue weighted by molar-refractivity contribution is 5.94. The molecule has 0 bridgehead atoms. The third-order valence-electron chi connectivity index (χ3n) is 3.63. The minimum atomic E-state index is -0.135. The fourth-order valence-electron chi connectivity index (χ4n) is 2.31. The third kappa shape index (κ3) is 4.38. The van der Waals surface area contributed by atoms with Crippen LogP contribution in [0.5, 0.6) is 11.5 Å². The predicted molar refractivity (Wildman–Crippen MR) is 94.8 cm³/mol. The Balaban J connectivity index is 1.45. The van der Waals surface area contributed by atoms with E-state index in [9.17, 15) is 4.79 Å².